The first-order valence-corrected chi connectivity index (χ1v) is 9.25. The summed E-state index contributed by atoms with van der Waals surface area (Å²) in [4.78, 5) is 4.60. The molecule has 0 amide bonds. The molecule has 1 saturated heterocycles. The van der Waals surface area contributed by atoms with Gasteiger partial charge in [0.2, 0.25) is 0 Å². The van der Waals surface area contributed by atoms with Gasteiger partial charge in [-0.2, -0.15) is 0 Å². The number of benzene rings is 1. The van der Waals surface area contributed by atoms with Gasteiger partial charge in [-0.15, -0.1) is 24.0 Å². The summed E-state index contributed by atoms with van der Waals surface area (Å²) in [6.07, 6.45) is 4.55. The molecule has 5 nitrogen and oxygen atoms in total. The monoisotopic (exact) mass is 505 g/mol. The van der Waals surface area contributed by atoms with Gasteiger partial charge in [0.15, 0.2) is 17.6 Å². The molecule has 2 unspecified atom stereocenters. The van der Waals surface area contributed by atoms with Crippen LogP contribution in [0.1, 0.15) is 37.1 Å². The summed E-state index contributed by atoms with van der Waals surface area (Å²) in [6, 6.07) is 7.44. The molecule has 2 heterocycles. The van der Waals surface area contributed by atoms with E-state index < -0.39 is 11.6 Å². The number of furan rings is 1. The molecule has 8 heteroatoms. The molecule has 1 fully saturated rings. The Kier molecular flexibility index (Phi) is 9.17. The number of aliphatic imine (C=N–C) groups is 1. The number of rotatable bonds is 7. The van der Waals surface area contributed by atoms with Crippen molar-refractivity contribution in [1.82, 2.24) is 10.6 Å². The lowest BCUT2D eigenvalue weighted by Gasteiger charge is -2.19. The van der Waals surface area contributed by atoms with Gasteiger partial charge < -0.3 is 19.8 Å². The third kappa shape index (κ3) is 6.73. The molecular formula is C20H26F2IN3O2. The summed E-state index contributed by atoms with van der Waals surface area (Å²) in [7, 11) is 0. The highest BCUT2D eigenvalue weighted by Crippen LogP contribution is 2.16. The Balaban J connectivity index is 0.00000280. The van der Waals surface area contributed by atoms with Crippen LogP contribution < -0.4 is 10.6 Å². The first kappa shape index (κ1) is 22.6. The van der Waals surface area contributed by atoms with Crippen molar-refractivity contribution in [2.75, 3.05) is 19.7 Å². The van der Waals surface area contributed by atoms with Crippen LogP contribution in [0.3, 0.4) is 0 Å². The molecule has 28 heavy (non-hydrogen) atoms. The maximum Gasteiger partial charge on any atom is 0.191 e. The number of halogens is 3. The smallest absolute Gasteiger partial charge is 0.191 e. The maximum atomic E-state index is 13.5. The molecule has 2 atom stereocenters. The molecule has 3 rings (SSSR count). The van der Waals surface area contributed by atoms with Crippen molar-refractivity contribution in [3.63, 3.8) is 0 Å². The highest BCUT2D eigenvalue weighted by Gasteiger charge is 2.16. The largest absolute Gasteiger partial charge is 0.469 e. The van der Waals surface area contributed by atoms with Crippen molar-refractivity contribution in [3.8, 4) is 0 Å². The Morgan fingerprint density at radius 1 is 1.29 bits per heavy atom. The van der Waals surface area contributed by atoms with Crippen LogP contribution in [0.2, 0.25) is 0 Å². The van der Waals surface area contributed by atoms with E-state index in [-0.39, 0.29) is 36.1 Å². The van der Waals surface area contributed by atoms with Crippen molar-refractivity contribution < 1.29 is 17.9 Å². The van der Waals surface area contributed by atoms with E-state index in [0.29, 0.717) is 31.0 Å². The molecule has 0 aliphatic carbocycles. The summed E-state index contributed by atoms with van der Waals surface area (Å²) in [5, 5.41) is 6.51. The molecular weight excluding hydrogens is 479 g/mol. The van der Waals surface area contributed by atoms with Gasteiger partial charge >= 0.3 is 0 Å². The normalized spacial score (nSPS) is 17.8. The molecule has 0 spiro atoms. The van der Waals surface area contributed by atoms with E-state index in [4.69, 9.17) is 9.15 Å². The molecule has 1 aromatic heterocycles. The highest BCUT2D eigenvalue weighted by molar-refractivity contribution is 14.0. The van der Waals surface area contributed by atoms with Gasteiger partial charge in [-0.3, -0.25) is 4.99 Å². The summed E-state index contributed by atoms with van der Waals surface area (Å²) in [5.74, 6) is -0.219. The van der Waals surface area contributed by atoms with Gasteiger partial charge in [0.05, 0.1) is 25.0 Å². The molecule has 154 valence electrons. The van der Waals surface area contributed by atoms with Gasteiger partial charge in [-0.25, -0.2) is 8.78 Å². The van der Waals surface area contributed by atoms with Gasteiger partial charge in [0.1, 0.15) is 5.76 Å². The predicted molar refractivity (Wildman–Crippen MR) is 115 cm³/mol. The number of nitrogens with one attached hydrogen (secondary N) is 2. The first-order valence-electron chi connectivity index (χ1n) is 9.25. The van der Waals surface area contributed by atoms with Crippen LogP contribution in [-0.2, 0) is 11.2 Å². The Morgan fingerprint density at radius 2 is 2.14 bits per heavy atom. The minimum Gasteiger partial charge on any atom is -0.469 e. The van der Waals surface area contributed by atoms with Crippen LogP contribution in [0.15, 0.2) is 46.0 Å². The van der Waals surface area contributed by atoms with E-state index in [1.54, 1.807) is 12.3 Å². The third-order valence-corrected chi connectivity index (χ3v) is 4.52. The summed E-state index contributed by atoms with van der Waals surface area (Å²) < 4.78 is 37.6. The molecule has 2 aromatic rings. The van der Waals surface area contributed by atoms with Gasteiger partial charge in [0.25, 0.3) is 0 Å². The summed E-state index contributed by atoms with van der Waals surface area (Å²) in [6.45, 7) is 3.85. The summed E-state index contributed by atoms with van der Waals surface area (Å²) in [5.41, 5.74) is 0.645. The predicted octanol–water partition coefficient (Wildman–Crippen LogP) is 4.19. The van der Waals surface area contributed by atoms with Crippen molar-refractivity contribution in [1.29, 1.82) is 0 Å². The lowest BCUT2D eigenvalue weighted by atomic mass is 10.1. The van der Waals surface area contributed by atoms with E-state index in [9.17, 15) is 8.78 Å². The van der Waals surface area contributed by atoms with Gasteiger partial charge in [-0.1, -0.05) is 6.07 Å². The van der Waals surface area contributed by atoms with Crippen molar-refractivity contribution >= 4 is 29.9 Å². The van der Waals surface area contributed by atoms with Crippen LogP contribution in [0, 0.1) is 11.6 Å². The number of ether oxygens (including phenoxy) is 1. The fourth-order valence-electron chi connectivity index (χ4n) is 2.96. The second kappa shape index (κ2) is 11.4. The molecule has 2 N–H and O–H groups in total. The maximum absolute atomic E-state index is 13.5. The SMILES string of the molecule is CC(NC(=NCC1CCCO1)NCCc1ccco1)c1ccc(F)c(F)c1.I. The fraction of sp³-hybridized carbons (Fsp3) is 0.450. The molecule has 0 saturated carbocycles. The zero-order chi connectivity index (χ0) is 19.1. The third-order valence-electron chi connectivity index (χ3n) is 4.52. The molecule has 1 aliphatic rings. The summed E-state index contributed by atoms with van der Waals surface area (Å²) >= 11 is 0. The van der Waals surface area contributed by atoms with Crippen molar-refractivity contribution in [3.05, 3.63) is 59.6 Å². The topological polar surface area (TPSA) is 58.8 Å². The van der Waals surface area contributed by atoms with E-state index in [0.717, 1.165) is 31.3 Å². The van der Waals surface area contributed by atoms with E-state index in [2.05, 4.69) is 15.6 Å². The standard InChI is InChI=1S/C20H25F2N3O2.HI/c1-14(15-6-7-18(21)19(22)12-15)25-20(24-13-17-5-3-11-27-17)23-9-8-16-4-2-10-26-16;/h2,4,6-7,10,12,14,17H,3,5,8-9,11,13H2,1H3,(H2,23,24,25);1H. The molecule has 0 radical (unpaired) electrons. The van der Waals surface area contributed by atoms with E-state index >= 15 is 0 Å². The lowest BCUT2D eigenvalue weighted by molar-refractivity contribution is 0.117. The average Bonchev–Trinajstić information content (AvgIpc) is 3.35. The fourth-order valence-corrected chi connectivity index (χ4v) is 2.96. The van der Waals surface area contributed by atoms with Crippen molar-refractivity contribution in [2.24, 2.45) is 4.99 Å². The van der Waals surface area contributed by atoms with Crippen LogP contribution >= 0.6 is 24.0 Å². The minimum atomic E-state index is -0.857. The number of hydrogen-bond donors (Lipinski definition) is 2. The Morgan fingerprint density at radius 3 is 2.82 bits per heavy atom. The number of hydrogen-bond acceptors (Lipinski definition) is 3. The van der Waals surface area contributed by atoms with Crippen LogP contribution in [0.5, 0.6) is 0 Å². The zero-order valence-corrected chi connectivity index (χ0v) is 18.1. The Labute approximate surface area is 181 Å². The van der Waals surface area contributed by atoms with E-state index in [1.807, 2.05) is 19.1 Å². The molecule has 0 bridgehead atoms. The zero-order valence-electron chi connectivity index (χ0n) is 15.8. The average molecular weight is 505 g/mol. The van der Waals surface area contributed by atoms with Crippen LogP contribution in [-0.4, -0.2) is 31.8 Å². The van der Waals surface area contributed by atoms with Crippen LogP contribution in [0.25, 0.3) is 0 Å². The van der Waals surface area contributed by atoms with Gasteiger partial charge in [0, 0.05) is 19.6 Å². The quantitative estimate of drug-likeness (QED) is 0.337. The van der Waals surface area contributed by atoms with Crippen molar-refractivity contribution in [2.45, 2.75) is 38.3 Å². The second-order valence-electron chi connectivity index (χ2n) is 6.62. The number of nitrogens with zero attached hydrogens (tertiary/aromatic N) is 1. The first-order chi connectivity index (χ1) is 13.1. The lowest BCUT2D eigenvalue weighted by Crippen LogP contribution is -2.40. The number of guanidine groups is 1. The molecule has 1 aromatic carbocycles. The van der Waals surface area contributed by atoms with E-state index in [1.165, 1.54) is 6.07 Å². The van der Waals surface area contributed by atoms with Crippen LogP contribution in [0.4, 0.5) is 8.78 Å². The minimum absolute atomic E-state index is 0. The van der Waals surface area contributed by atoms with Gasteiger partial charge in [-0.05, 0) is 49.6 Å². The second-order valence-corrected chi connectivity index (χ2v) is 6.62. The Bertz CT molecular complexity index is 750. The molecule has 1 aliphatic heterocycles. The highest BCUT2D eigenvalue weighted by atomic mass is 127. The Hall–Kier alpha value is -1.68.